The third-order valence-electron chi connectivity index (χ3n) is 13.0. The third kappa shape index (κ3) is 7.27. The summed E-state index contributed by atoms with van der Waals surface area (Å²) in [6.45, 7) is 6.37. The van der Waals surface area contributed by atoms with Crippen LogP contribution in [0.15, 0.2) is 224 Å². The Morgan fingerprint density at radius 2 is 1.12 bits per heavy atom. The number of amidine groups is 1. The molecule has 8 aromatic carbocycles. The van der Waals surface area contributed by atoms with E-state index in [1.807, 2.05) is 36.3 Å². The molecule has 1 unspecified atom stereocenters. The molecule has 0 amide bonds. The molecule has 0 radical (unpaired) electrons. The molecule has 6 nitrogen and oxygen atoms in total. The SMILES string of the molecule is C=C1/C=C\C=C/N(c2ccc3c(c2)c2ccccc2n3C)c2ccccc21.Cc1ccc2c(c1)c1ccccc1n2C1N=C(c2ccccc2)N(C)N1.c1ccc2c(c1)Cc1ccccc1-2. The summed E-state index contributed by atoms with van der Waals surface area (Å²) in [5.74, 6) is 0.952. The van der Waals surface area contributed by atoms with E-state index in [0.717, 1.165) is 40.3 Å². The molecule has 3 aliphatic rings. The van der Waals surface area contributed by atoms with Crippen LogP contribution in [0.3, 0.4) is 0 Å². The van der Waals surface area contributed by atoms with Crippen molar-refractivity contribution in [3.05, 3.63) is 247 Å². The van der Waals surface area contributed by atoms with Crippen LogP contribution in [0.5, 0.6) is 0 Å². The van der Waals surface area contributed by atoms with Gasteiger partial charge in [-0.15, -0.1) is 0 Å². The van der Waals surface area contributed by atoms with Gasteiger partial charge in [0.1, 0.15) is 5.84 Å². The van der Waals surface area contributed by atoms with Crippen molar-refractivity contribution < 1.29 is 0 Å². The largest absolute Gasteiger partial charge is 0.344 e. The quantitative estimate of drug-likeness (QED) is 0.192. The lowest BCUT2D eigenvalue weighted by molar-refractivity contribution is 0.305. The maximum Gasteiger partial charge on any atom is 0.199 e. The zero-order valence-electron chi connectivity index (χ0n) is 37.4. The first-order valence-electron chi connectivity index (χ1n) is 22.6. The Morgan fingerprint density at radius 1 is 0.545 bits per heavy atom. The van der Waals surface area contributed by atoms with Crippen molar-refractivity contribution in [3.63, 3.8) is 0 Å². The highest BCUT2D eigenvalue weighted by molar-refractivity contribution is 6.10. The molecule has 1 aliphatic carbocycles. The molecule has 13 rings (SSSR count). The van der Waals surface area contributed by atoms with Gasteiger partial charge in [-0.1, -0.05) is 164 Å². The summed E-state index contributed by atoms with van der Waals surface area (Å²) in [6.07, 6.45) is 9.22. The smallest absolute Gasteiger partial charge is 0.199 e. The number of nitrogens with zero attached hydrogens (tertiary/aromatic N) is 5. The molecule has 0 fully saturated rings. The van der Waals surface area contributed by atoms with E-state index in [-0.39, 0.29) is 6.29 Å². The van der Waals surface area contributed by atoms with E-state index in [1.165, 1.54) is 71.4 Å². The summed E-state index contributed by atoms with van der Waals surface area (Å²) < 4.78 is 4.55. The van der Waals surface area contributed by atoms with E-state index in [2.05, 4.69) is 228 Å². The van der Waals surface area contributed by atoms with Crippen LogP contribution in [0.2, 0.25) is 0 Å². The number of anilines is 2. The molecule has 66 heavy (non-hydrogen) atoms. The van der Waals surface area contributed by atoms with Crippen LogP contribution in [-0.4, -0.2) is 27.0 Å². The molecule has 0 bridgehead atoms. The number of hydrazine groups is 1. The summed E-state index contributed by atoms with van der Waals surface area (Å²) in [5.41, 5.74) is 21.0. The number of para-hydroxylation sites is 3. The van der Waals surface area contributed by atoms with Crippen molar-refractivity contribution in [3.8, 4) is 11.1 Å². The first-order chi connectivity index (χ1) is 32.4. The van der Waals surface area contributed by atoms with Gasteiger partial charge in [0.25, 0.3) is 0 Å². The molecule has 0 saturated heterocycles. The van der Waals surface area contributed by atoms with E-state index in [0.29, 0.717) is 0 Å². The van der Waals surface area contributed by atoms with Crippen LogP contribution in [-0.2, 0) is 13.5 Å². The Balaban J connectivity index is 0.000000116. The second-order valence-electron chi connectivity index (χ2n) is 17.2. The fourth-order valence-electron chi connectivity index (χ4n) is 9.86. The van der Waals surface area contributed by atoms with E-state index >= 15 is 0 Å². The lowest BCUT2D eigenvalue weighted by Gasteiger charge is -2.25. The highest BCUT2D eigenvalue weighted by Gasteiger charge is 2.27. The Kier molecular flexibility index (Phi) is 10.5. The van der Waals surface area contributed by atoms with Crippen LogP contribution in [0.25, 0.3) is 60.3 Å². The maximum absolute atomic E-state index is 5.00. The van der Waals surface area contributed by atoms with Crippen molar-refractivity contribution >= 4 is 66.4 Å². The lowest BCUT2D eigenvalue weighted by atomic mass is 10.0. The normalized spacial score (nSPS) is 15.8. The Labute approximate surface area is 386 Å². The number of allylic oxidation sites excluding steroid dienone is 4. The Bertz CT molecular complexity index is 3520. The number of aliphatic imine (C=N–C) groups is 1. The third-order valence-corrected chi connectivity index (χ3v) is 13.0. The fourth-order valence-corrected chi connectivity index (χ4v) is 9.86. The number of hydrogen-bond acceptors (Lipinski definition) is 4. The molecule has 10 aromatic rings. The number of rotatable bonds is 3. The number of aromatic nitrogens is 2. The van der Waals surface area contributed by atoms with E-state index in [4.69, 9.17) is 4.99 Å². The number of hydrogen-bond donors (Lipinski definition) is 1. The molecule has 2 aliphatic heterocycles. The molecular weight excluding hydrogens is 805 g/mol. The van der Waals surface area contributed by atoms with Gasteiger partial charge in [-0.05, 0) is 95.8 Å². The average molecular weight is 855 g/mol. The van der Waals surface area contributed by atoms with Gasteiger partial charge in [-0.3, -0.25) is 5.01 Å². The van der Waals surface area contributed by atoms with Crippen LogP contribution in [0.4, 0.5) is 11.4 Å². The molecule has 6 heteroatoms. The standard InChI is InChI=1S/C25H20N2.C22H20N4.C13H10/c1-18-9-7-8-16-27(25-13-6-3-10-20(18)25)19-14-15-24-22(17-19)21-11-4-5-12-23(21)26(24)2;1-15-12-13-20-18(14-15)17-10-6-7-11-19(17)26(20)22-23-21(25(2)24-22)16-8-4-3-5-9-16;1-3-7-12-10(5-1)9-11-6-2-4-8-13(11)12/h3-17H,1H2,2H3;3-14,22,24H,1-2H3;1-8H,9H2/b9-7-,16-8-;;. The van der Waals surface area contributed by atoms with Gasteiger partial charge in [0.15, 0.2) is 6.29 Å². The second-order valence-corrected chi connectivity index (χ2v) is 17.2. The number of fused-ring (bicyclic) bond motifs is 10. The fraction of sp³-hybridized carbons (Fsp3) is 0.0833. The van der Waals surface area contributed by atoms with Crippen molar-refractivity contribution in [2.24, 2.45) is 12.0 Å². The maximum atomic E-state index is 5.00. The molecule has 320 valence electrons. The Hall–Kier alpha value is -8.19. The number of benzene rings is 8. The summed E-state index contributed by atoms with van der Waals surface area (Å²) in [7, 11) is 4.15. The average Bonchev–Trinajstić information content (AvgIpc) is 4.10. The predicted molar refractivity (Wildman–Crippen MR) is 278 cm³/mol. The van der Waals surface area contributed by atoms with Crippen molar-refractivity contribution in [1.29, 1.82) is 0 Å². The minimum absolute atomic E-state index is 0.166. The van der Waals surface area contributed by atoms with Crippen LogP contribution in [0, 0.1) is 6.92 Å². The molecule has 0 saturated carbocycles. The van der Waals surface area contributed by atoms with Gasteiger partial charge in [0, 0.05) is 69.7 Å². The second kappa shape index (κ2) is 17.1. The van der Waals surface area contributed by atoms with Gasteiger partial charge in [0.05, 0.1) is 16.7 Å². The first kappa shape index (κ1) is 40.6. The van der Waals surface area contributed by atoms with Gasteiger partial charge in [-0.25, -0.2) is 4.99 Å². The molecule has 1 N–H and O–H groups in total. The molecular formula is C60H50N6. The molecule has 4 heterocycles. The van der Waals surface area contributed by atoms with Gasteiger partial charge in [0.2, 0.25) is 0 Å². The Morgan fingerprint density at radius 3 is 1.88 bits per heavy atom. The summed E-state index contributed by atoms with van der Waals surface area (Å²) in [5, 5.41) is 7.10. The number of nitrogens with one attached hydrogen (secondary N) is 1. The highest BCUT2D eigenvalue weighted by atomic mass is 15.6. The molecule has 0 spiro atoms. The minimum Gasteiger partial charge on any atom is -0.344 e. The summed E-state index contributed by atoms with van der Waals surface area (Å²) >= 11 is 0. The number of aryl methyl sites for hydroxylation is 2. The molecule has 1 atom stereocenters. The zero-order valence-corrected chi connectivity index (χ0v) is 37.4. The zero-order chi connectivity index (χ0) is 44.7. The predicted octanol–water partition coefficient (Wildman–Crippen LogP) is 14.3. The van der Waals surface area contributed by atoms with Crippen LogP contribution >= 0.6 is 0 Å². The van der Waals surface area contributed by atoms with Crippen molar-refractivity contribution in [1.82, 2.24) is 19.6 Å². The summed E-state index contributed by atoms with van der Waals surface area (Å²) in [6, 6.07) is 66.5. The van der Waals surface area contributed by atoms with Crippen molar-refractivity contribution in [2.45, 2.75) is 19.6 Å². The van der Waals surface area contributed by atoms with Crippen LogP contribution in [0.1, 0.15) is 34.1 Å². The molecule has 2 aromatic heterocycles. The minimum atomic E-state index is -0.166. The van der Waals surface area contributed by atoms with E-state index in [9.17, 15) is 0 Å². The van der Waals surface area contributed by atoms with Gasteiger partial charge in [-0.2, -0.15) is 5.43 Å². The van der Waals surface area contributed by atoms with Crippen LogP contribution < -0.4 is 10.3 Å². The van der Waals surface area contributed by atoms with Gasteiger partial charge >= 0.3 is 0 Å². The van der Waals surface area contributed by atoms with Gasteiger partial charge < -0.3 is 14.0 Å². The topological polar surface area (TPSA) is 40.7 Å². The van der Waals surface area contributed by atoms with Crippen molar-refractivity contribution in [2.75, 3.05) is 11.9 Å². The highest BCUT2D eigenvalue weighted by Crippen LogP contribution is 2.39. The van der Waals surface area contributed by atoms with E-state index < -0.39 is 0 Å². The first-order valence-corrected chi connectivity index (χ1v) is 22.6. The monoisotopic (exact) mass is 854 g/mol. The lowest BCUT2D eigenvalue weighted by Crippen LogP contribution is -2.36. The summed E-state index contributed by atoms with van der Waals surface area (Å²) in [4.78, 5) is 7.24. The van der Waals surface area contributed by atoms with E-state index in [1.54, 1.807) is 0 Å².